The smallest absolute Gasteiger partial charge is 0.251 e. The fourth-order valence-electron chi connectivity index (χ4n) is 3.80. The molecule has 0 unspecified atom stereocenters. The predicted molar refractivity (Wildman–Crippen MR) is 127 cm³/mol. The number of rotatable bonds is 6. The minimum absolute atomic E-state index is 0.151. The Bertz CT molecular complexity index is 1120. The number of nitrogens with zero attached hydrogens (tertiary/aromatic N) is 3. The van der Waals surface area contributed by atoms with Crippen LogP contribution in [0.5, 0.6) is 0 Å². The average Bonchev–Trinajstić information content (AvgIpc) is 3.03. The van der Waals surface area contributed by atoms with E-state index in [4.69, 9.17) is 0 Å². The van der Waals surface area contributed by atoms with Gasteiger partial charge in [-0.3, -0.25) is 9.59 Å². The maximum atomic E-state index is 12.5. The normalized spacial score (nSPS) is 13.2. The lowest BCUT2D eigenvalue weighted by molar-refractivity contribution is -0.116. The third-order valence-corrected chi connectivity index (χ3v) is 6.15. The Morgan fingerprint density at radius 1 is 1.06 bits per heavy atom. The van der Waals surface area contributed by atoms with Crippen molar-refractivity contribution < 1.29 is 9.59 Å². The van der Waals surface area contributed by atoms with Crippen LogP contribution in [0.4, 0.5) is 5.69 Å². The van der Waals surface area contributed by atoms with Crippen LogP contribution < -0.4 is 10.6 Å². The molecule has 1 aromatic heterocycles. The van der Waals surface area contributed by atoms with Gasteiger partial charge in [0.2, 0.25) is 5.91 Å². The largest absolute Gasteiger partial charge is 0.352 e. The molecule has 0 spiro atoms. The summed E-state index contributed by atoms with van der Waals surface area (Å²) in [6.07, 6.45) is 4.61. The van der Waals surface area contributed by atoms with Gasteiger partial charge in [-0.1, -0.05) is 34.5 Å². The second-order valence-corrected chi connectivity index (χ2v) is 8.91. The molecule has 0 saturated carbocycles. The molecule has 32 heavy (non-hydrogen) atoms. The Balaban J connectivity index is 1.38. The Morgan fingerprint density at radius 2 is 1.88 bits per heavy atom. The van der Waals surface area contributed by atoms with E-state index in [1.165, 1.54) is 6.42 Å². The van der Waals surface area contributed by atoms with E-state index in [1.807, 2.05) is 37.3 Å². The fourth-order valence-corrected chi connectivity index (χ4v) is 4.06. The van der Waals surface area contributed by atoms with Crippen molar-refractivity contribution in [3.8, 4) is 11.4 Å². The van der Waals surface area contributed by atoms with E-state index in [0.717, 1.165) is 58.7 Å². The summed E-state index contributed by atoms with van der Waals surface area (Å²) in [4.78, 5) is 24.7. The van der Waals surface area contributed by atoms with Gasteiger partial charge in [0.15, 0.2) is 5.82 Å². The molecule has 0 radical (unpaired) electrons. The zero-order chi connectivity index (χ0) is 22.5. The molecule has 0 aliphatic carbocycles. The summed E-state index contributed by atoms with van der Waals surface area (Å²) in [6, 6.07) is 13.1. The molecule has 0 saturated heterocycles. The van der Waals surface area contributed by atoms with Gasteiger partial charge >= 0.3 is 0 Å². The van der Waals surface area contributed by atoms with Crippen molar-refractivity contribution in [3.63, 3.8) is 0 Å². The first kappa shape index (κ1) is 22.2. The van der Waals surface area contributed by atoms with Crippen molar-refractivity contribution >= 4 is 33.4 Å². The van der Waals surface area contributed by atoms with Gasteiger partial charge in [-0.2, -0.15) is 0 Å². The highest BCUT2D eigenvalue weighted by atomic mass is 79.9. The van der Waals surface area contributed by atoms with Gasteiger partial charge in [0, 0.05) is 47.2 Å². The minimum atomic E-state index is -0.198. The Labute approximate surface area is 195 Å². The minimum Gasteiger partial charge on any atom is -0.352 e. The molecule has 7 nitrogen and oxygen atoms in total. The van der Waals surface area contributed by atoms with Crippen LogP contribution in [0, 0.1) is 6.92 Å². The predicted octanol–water partition coefficient (Wildman–Crippen LogP) is 4.50. The lowest BCUT2D eigenvalue weighted by Crippen LogP contribution is -2.27. The van der Waals surface area contributed by atoms with Crippen molar-refractivity contribution in [2.45, 2.75) is 45.6 Å². The van der Waals surface area contributed by atoms with Crippen LogP contribution in [-0.4, -0.2) is 33.1 Å². The molecular formula is C24H26BrN5O2. The third kappa shape index (κ3) is 5.24. The van der Waals surface area contributed by atoms with Gasteiger partial charge in [0.1, 0.15) is 5.82 Å². The van der Waals surface area contributed by atoms with Gasteiger partial charge in [-0.15, -0.1) is 10.2 Å². The van der Waals surface area contributed by atoms with Crippen molar-refractivity contribution in [1.82, 2.24) is 20.1 Å². The zero-order valence-electron chi connectivity index (χ0n) is 18.0. The molecule has 3 aromatic rings. The van der Waals surface area contributed by atoms with Gasteiger partial charge in [0.25, 0.3) is 5.91 Å². The zero-order valence-corrected chi connectivity index (χ0v) is 19.6. The number of nitrogens with one attached hydrogen (secondary N) is 2. The maximum Gasteiger partial charge on any atom is 0.251 e. The van der Waals surface area contributed by atoms with Crippen molar-refractivity contribution in [1.29, 1.82) is 0 Å². The van der Waals surface area contributed by atoms with Gasteiger partial charge in [-0.05, 0) is 55.7 Å². The van der Waals surface area contributed by atoms with E-state index in [-0.39, 0.29) is 24.8 Å². The van der Waals surface area contributed by atoms with Crippen LogP contribution in [0.25, 0.3) is 11.4 Å². The highest BCUT2D eigenvalue weighted by molar-refractivity contribution is 9.10. The molecule has 0 fully saturated rings. The lowest BCUT2D eigenvalue weighted by atomic mass is 10.1. The first-order valence-electron chi connectivity index (χ1n) is 10.9. The number of benzene rings is 2. The molecule has 8 heteroatoms. The number of anilines is 1. The van der Waals surface area contributed by atoms with E-state index < -0.39 is 0 Å². The Morgan fingerprint density at radius 3 is 2.69 bits per heavy atom. The molecule has 0 bridgehead atoms. The van der Waals surface area contributed by atoms with Crippen LogP contribution in [0.15, 0.2) is 46.9 Å². The first-order chi connectivity index (χ1) is 15.5. The summed E-state index contributed by atoms with van der Waals surface area (Å²) in [5.74, 6) is 1.53. The monoisotopic (exact) mass is 495 g/mol. The molecule has 1 aliphatic heterocycles. The van der Waals surface area contributed by atoms with Gasteiger partial charge in [-0.25, -0.2) is 0 Å². The van der Waals surface area contributed by atoms with E-state index >= 15 is 0 Å². The van der Waals surface area contributed by atoms with E-state index in [1.54, 1.807) is 12.1 Å². The fraction of sp³-hybridized carbons (Fsp3) is 0.333. The molecule has 2 amide bonds. The number of carbonyl (C=O) groups excluding carboxylic acids is 2. The summed E-state index contributed by atoms with van der Waals surface area (Å²) >= 11 is 3.35. The standard InChI is InChI=1S/C24H26BrN5O2/c1-16-6-7-18(23-29-28-21-5-3-2-4-14-30(21)23)15-20(16)27-22(31)12-13-26-24(32)17-8-10-19(25)11-9-17/h6-11,15H,2-5,12-14H2,1H3,(H,26,32)(H,27,31). The lowest BCUT2D eigenvalue weighted by Gasteiger charge is -2.12. The molecule has 1 aliphatic rings. The molecule has 2 heterocycles. The number of aryl methyl sites for hydroxylation is 2. The number of aromatic nitrogens is 3. The van der Waals surface area contributed by atoms with Crippen molar-refractivity contribution in [2.24, 2.45) is 0 Å². The van der Waals surface area contributed by atoms with E-state index in [9.17, 15) is 9.59 Å². The highest BCUT2D eigenvalue weighted by Crippen LogP contribution is 2.27. The van der Waals surface area contributed by atoms with Crippen LogP contribution in [0.2, 0.25) is 0 Å². The molecular weight excluding hydrogens is 470 g/mol. The average molecular weight is 496 g/mol. The molecule has 0 atom stereocenters. The van der Waals surface area contributed by atoms with Crippen LogP contribution >= 0.6 is 15.9 Å². The number of carbonyl (C=O) groups is 2. The van der Waals surface area contributed by atoms with Crippen molar-refractivity contribution in [3.05, 3.63) is 63.9 Å². The highest BCUT2D eigenvalue weighted by Gasteiger charge is 2.17. The topological polar surface area (TPSA) is 88.9 Å². The Hall–Kier alpha value is -3.00. The van der Waals surface area contributed by atoms with Crippen LogP contribution in [-0.2, 0) is 17.8 Å². The Kier molecular flexibility index (Phi) is 6.99. The number of amides is 2. The first-order valence-corrected chi connectivity index (χ1v) is 11.7. The maximum absolute atomic E-state index is 12.5. The van der Waals surface area contributed by atoms with Gasteiger partial charge < -0.3 is 15.2 Å². The van der Waals surface area contributed by atoms with E-state index in [0.29, 0.717) is 5.56 Å². The molecule has 2 aromatic carbocycles. The second kappa shape index (κ2) is 10.1. The number of hydrogen-bond donors (Lipinski definition) is 2. The third-order valence-electron chi connectivity index (χ3n) is 5.62. The summed E-state index contributed by atoms with van der Waals surface area (Å²) in [7, 11) is 0. The van der Waals surface area contributed by atoms with E-state index in [2.05, 4.69) is 41.3 Å². The second-order valence-electron chi connectivity index (χ2n) is 7.99. The number of fused-ring (bicyclic) bond motifs is 1. The quantitative estimate of drug-likeness (QED) is 0.526. The van der Waals surface area contributed by atoms with Crippen molar-refractivity contribution in [2.75, 3.05) is 11.9 Å². The number of hydrogen-bond acceptors (Lipinski definition) is 4. The molecule has 4 rings (SSSR count). The summed E-state index contributed by atoms with van der Waals surface area (Å²) in [6.45, 7) is 3.14. The van der Waals surface area contributed by atoms with Gasteiger partial charge in [0.05, 0.1) is 0 Å². The molecule has 2 N–H and O–H groups in total. The van der Waals surface area contributed by atoms with Crippen LogP contribution in [0.3, 0.4) is 0 Å². The van der Waals surface area contributed by atoms with Crippen LogP contribution in [0.1, 0.15) is 47.4 Å². The number of halogens is 1. The summed E-state index contributed by atoms with van der Waals surface area (Å²) in [5, 5.41) is 14.5. The summed E-state index contributed by atoms with van der Waals surface area (Å²) in [5.41, 5.74) is 3.22. The SMILES string of the molecule is Cc1ccc(-c2nnc3n2CCCCC3)cc1NC(=O)CCNC(=O)c1ccc(Br)cc1. The summed E-state index contributed by atoms with van der Waals surface area (Å²) < 4.78 is 3.11. The molecule has 166 valence electrons.